The van der Waals surface area contributed by atoms with E-state index in [2.05, 4.69) is 57.3 Å². The summed E-state index contributed by atoms with van der Waals surface area (Å²) in [6, 6.07) is 9.26. The van der Waals surface area contributed by atoms with Gasteiger partial charge in [-0.1, -0.05) is 52.8 Å². The molecular weight excluding hydrogens is 336 g/mol. The Morgan fingerprint density at radius 2 is 1.69 bits per heavy atom. The maximum absolute atomic E-state index is 12.3. The fraction of sp³-hybridized carbons (Fsp3) is 0.542. The molecule has 26 heavy (non-hydrogen) atoms. The van der Waals surface area contributed by atoms with Crippen molar-refractivity contribution >= 4 is 17.1 Å². The average molecular weight is 371 g/mol. The van der Waals surface area contributed by atoms with Crippen molar-refractivity contribution in [2.24, 2.45) is 5.41 Å². The molecule has 0 spiro atoms. The third kappa shape index (κ3) is 4.28. The van der Waals surface area contributed by atoms with E-state index >= 15 is 0 Å². The van der Waals surface area contributed by atoms with Gasteiger partial charge in [-0.3, -0.25) is 4.79 Å². The van der Waals surface area contributed by atoms with Crippen LogP contribution in [0.1, 0.15) is 81.0 Å². The number of Topliss-reactive ketones (excluding diaryl/α,β-unsaturated/α-hetero) is 1. The zero-order valence-electron chi connectivity index (χ0n) is 17.5. The zero-order chi connectivity index (χ0) is 19.5. The second-order valence-electron chi connectivity index (χ2n) is 8.59. The highest BCUT2D eigenvalue weighted by Crippen LogP contribution is 2.42. The van der Waals surface area contributed by atoms with E-state index in [1.54, 1.807) is 0 Å². The molecule has 1 aromatic carbocycles. The first-order valence-corrected chi connectivity index (χ1v) is 10.7. The predicted octanol–water partition coefficient (Wildman–Crippen LogP) is 7.02. The summed E-state index contributed by atoms with van der Waals surface area (Å²) in [5.41, 5.74) is 5.23. The van der Waals surface area contributed by atoms with Gasteiger partial charge in [-0.05, 0) is 66.8 Å². The number of hydrogen-bond donors (Lipinski definition) is 0. The largest absolute Gasteiger partial charge is 0.299 e. The van der Waals surface area contributed by atoms with Crippen molar-refractivity contribution in [2.45, 2.75) is 79.6 Å². The Bertz CT molecular complexity index is 757. The van der Waals surface area contributed by atoms with Crippen LogP contribution in [0.25, 0.3) is 0 Å². The van der Waals surface area contributed by atoms with Crippen molar-refractivity contribution < 1.29 is 4.79 Å². The lowest BCUT2D eigenvalue weighted by molar-refractivity contribution is -0.126. The highest BCUT2D eigenvalue weighted by molar-refractivity contribution is 7.10. The summed E-state index contributed by atoms with van der Waals surface area (Å²) in [5.74, 6) is 0.339. The molecule has 0 saturated carbocycles. The molecule has 0 aliphatic rings. The van der Waals surface area contributed by atoms with Gasteiger partial charge >= 0.3 is 0 Å². The maximum atomic E-state index is 12.3. The molecule has 0 radical (unpaired) electrons. The van der Waals surface area contributed by atoms with Crippen LogP contribution in [0.4, 0.5) is 0 Å². The number of carbonyl (C=O) groups is 1. The number of aryl methyl sites for hydroxylation is 3. The highest BCUT2D eigenvalue weighted by Gasteiger charge is 2.32. The normalized spacial score (nSPS) is 12.4. The molecule has 0 aliphatic heterocycles. The lowest BCUT2D eigenvalue weighted by atomic mass is 9.73. The van der Waals surface area contributed by atoms with Crippen LogP contribution in [0.3, 0.4) is 0 Å². The molecule has 0 unspecified atom stereocenters. The van der Waals surface area contributed by atoms with Crippen LogP contribution >= 0.6 is 11.3 Å². The minimum atomic E-state index is -0.246. The highest BCUT2D eigenvalue weighted by atomic mass is 32.1. The van der Waals surface area contributed by atoms with Crippen LogP contribution in [0.5, 0.6) is 0 Å². The molecule has 1 heterocycles. The van der Waals surface area contributed by atoms with Crippen molar-refractivity contribution in [3.05, 3.63) is 56.8 Å². The summed E-state index contributed by atoms with van der Waals surface area (Å²) in [7, 11) is 0. The van der Waals surface area contributed by atoms with E-state index in [1.165, 1.54) is 27.1 Å². The SMILES string of the molecule is CCC(CC)(c1ccc(CCC(=O)C(C)(C)C)c(C)c1)c1cc(C)cs1. The van der Waals surface area contributed by atoms with Crippen molar-refractivity contribution in [3.63, 3.8) is 0 Å². The van der Waals surface area contributed by atoms with Gasteiger partial charge < -0.3 is 0 Å². The van der Waals surface area contributed by atoms with E-state index < -0.39 is 0 Å². The van der Waals surface area contributed by atoms with E-state index in [9.17, 15) is 4.79 Å². The van der Waals surface area contributed by atoms with Gasteiger partial charge in [0.25, 0.3) is 0 Å². The average Bonchev–Trinajstić information content (AvgIpc) is 3.01. The molecule has 0 saturated heterocycles. The van der Waals surface area contributed by atoms with Crippen LogP contribution in [-0.2, 0) is 16.6 Å². The van der Waals surface area contributed by atoms with Gasteiger partial charge in [-0.2, -0.15) is 0 Å². The number of hydrogen-bond acceptors (Lipinski definition) is 2. The molecule has 0 bridgehead atoms. The molecule has 0 fully saturated rings. The van der Waals surface area contributed by atoms with Gasteiger partial charge in [0.2, 0.25) is 0 Å². The summed E-state index contributed by atoms with van der Waals surface area (Å²) in [6.07, 6.45) is 3.67. The van der Waals surface area contributed by atoms with Crippen LogP contribution in [0, 0.1) is 19.3 Å². The van der Waals surface area contributed by atoms with Crippen molar-refractivity contribution in [2.75, 3.05) is 0 Å². The van der Waals surface area contributed by atoms with Gasteiger partial charge in [0.1, 0.15) is 5.78 Å². The van der Waals surface area contributed by atoms with Crippen LogP contribution in [-0.4, -0.2) is 5.78 Å². The number of rotatable bonds is 7. The van der Waals surface area contributed by atoms with Gasteiger partial charge in [0.15, 0.2) is 0 Å². The molecule has 0 atom stereocenters. The molecule has 2 rings (SSSR count). The predicted molar refractivity (Wildman–Crippen MR) is 114 cm³/mol. The first-order valence-electron chi connectivity index (χ1n) is 9.83. The van der Waals surface area contributed by atoms with Crippen molar-refractivity contribution in [1.82, 2.24) is 0 Å². The quantitative estimate of drug-likeness (QED) is 0.512. The van der Waals surface area contributed by atoms with E-state index in [4.69, 9.17) is 0 Å². The number of thiophene rings is 1. The van der Waals surface area contributed by atoms with Crippen LogP contribution < -0.4 is 0 Å². The number of ketones is 1. The smallest absolute Gasteiger partial charge is 0.138 e. The molecule has 0 amide bonds. The summed E-state index contributed by atoms with van der Waals surface area (Å²) in [5, 5.41) is 2.26. The van der Waals surface area contributed by atoms with Crippen molar-refractivity contribution in [3.8, 4) is 0 Å². The minimum absolute atomic E-state index is 0.101. The Balaban J connectivity index is 2.30. The Morgan fingerprint density at radius 1 is 1.04 bits per heavy atom. The number of carbonyl (C=O) groups excluding carboxylic acids is 1. The van der Waals surface area contributed by atoms with Crippen LogP contribution in [0.2, 0.25) is 0 Å². The number of benzene rings is 1. The molecule has 0 N–H and O–H groups in total. The van der Waals surface area contributed by atoms with E-state index in [-0.39, 0.29) is 10.8 Å². The monoisotopic (exact) mass is 370 g/mol. The molecular formula is C24H34OS. The standard InChI is InChI=1S/C24H34OS/c1-8-24(9-2,22-14-17(3)16-26-22)20-12-10-19(18(4)15-20)11-13-21(25)23(5,6)7/h10,12,14-16H,8-9,11,13H2,1-7H3. The van der Waals surface area contributed by atoms with Crippen LogP contribution in [0.15, 0.2) is 29.6 Å². The third-order valence-corrected chi connectivity index (χ3v) is 7.01. The van der Waals surface area contributed by atoms with Gasteiger partial charge in [-0.25, -0.2) is 0 Å². The second kappa shape index (κ2) is 8.08. The zero-order valence-corrected chi connectivity index (χ0v) is 18.3. The Morgan fingerprint density at radius 3 is 2.15 bits per heavy atom. The maximum Gasteiger partial charge on any atom is 0.138 e. The topological polar surface area (TPSA) is 17.1 Å². The lowest BCUT2D eigenvalue weighted by Crippen LogP contribution is -2.25. The first kappa shape index (κ1) is 20.9. The van der Waals surface area contributed by atoms with E-state index in [1.807, 2.05) is 32.1 Å². The van der Waals surface area contributed by atoms with Crippen molar-refractivity contribution in [1.29, 1.82) is 0 Å². The summed E-state index contributed by atoms with van der Waals surface area (Å²) < 4.78 is 0. The fourth-order valence-corrected chi connectivity index (χ4v) is 5.00. The summed E-state index contributed by atoms with van der Waals surface area (Å²) >= 11 is 1.88. The first-order chi connectivity index (χ1) is 12.1. The lowest BCUT2D eigenvalue weighted by Gasteiger charge is -2.32. The van der Waals surface area contributed by atoms with E-state index in [0.29, 0.717) is 12.2 Å². The summed E-state index contributed by atoms with van der Waals surface area (Å²) in [4.78, 5) is 13.7. The van der Waals surface area contributed by atoms with Gasteiger partial charge in [0, 0.05) is 22.1 Å². The van der Waals surface area contributed by atoms with E-state index in [0.717, 1.165) is 19.3 Å². The fourth-order valence-electron chi connectivity index (χ4n) is 3.73. The minimum Gasteiger partial charge on any atom is -0.299 e. The van der Waals surface area contributed by atoms with Gasteiger partial charge in [0.05, 0.1) is 0 Å². The third-order valence-electron chi connectivity index (χ3n) is 5.76. The molecule has 1 nitrogen and oxygen atoms in total. The molecule has 1 aromatic heterocycles. The molecule has 142 valence electrons. The summed E-state index contributed by atoms with van der Waals surface area (Å²) in [6.45, 7) is 15.0. The Hall–Kier alpha value is -1.41. The van der Waals surface area contributed by atoms with Gasteiger partial charge in [-0.15, -0.1) is 11.3 Å². The Labute approximate surface area is 163 Å². The molecule has 2 aromatic rings. The second-order valence-corrected chi connectivity index (χ2v) is 9.50. The molecule has 2 heteroatoms. The molecule has 0 aliphatic carbocycles. The Kier molecular flexibility index (Phi) is 6.50.